The van der Waals surface area contributed by atoms with Crippen LogP contribution >= 0.6 is 0 Å². The molecule has 0 radical (unpaired) electrons. The van der Waals surface area contributed by atoms with Gasteiger partial charge in [-0.05, 0) is 45.4 Å². The number of nitriles is 1. The maximum Gasteiger partial charge on any atom is 0.224 e. The average Bonchev–Trinajstić information content (AvgIpc) is 3.19. The van der Waals surface area contributed by atoms with Crippen LogP contribution in [0.5, 0.6) is 0 Å². The lowest BCUT2D eigenvalue weighted by atomic mass is 9.93. The number of aliphatic hydroxyl groups excluding tert-OH is 1. The Kier molecular flexibility index (Phi) is 3.68. The maximum atomic E-state index is 9.53. The molecule has 21 heavy (non-hydrogen) atoms. The lowest BCUT2D eigenvalue weighted by molar-refractivity contribution is 0.126. The van der Waals surface area contributed by atoms with Crippen LogP contribution in [0.2, 0.25) is 0 Å². The Hall–Kier alpha value is -1.87. The third-order valence-electron chi connectivity index (χ3n) is 4.36. The number of aliphatic hydroxyl groups is 1. The molecule has 2 aliphatic carbocycles. The van der Waals surface area contributed by atoms with E-state index in [0.29, 0.717) is 23.4 Å². The normalized spacial score (nSPS) is 26.7. The molecule has 6 heteroatoms. The molecule has 0 amide bonds. The van der Waals surface area contributed by atoms with E-state index in [-0.39, 0.29) is 11.6 Å². The number of nitrogens with zero attached hydrogens (tertiary/aromatic N) is 3. The van der Waals surface area contributed by atoms with E-state index < -0.39 is 0 Å². The van der Waals surface area contributed by atoms with E-state index >= 15 is 0 Å². The van der Waals surface area contributed by atoms with Crippen molar-refractivity contribution in [2.75, 3.05) is 10.6 Å². The second-order valence-corrected chi connectivity index (χ2v) is 6.40. The van der Waals surface area contributed by atoms with Gasteiger partial charge in [-0.3, -0.25) is 0 Å². The van der Waals surface area contributed by atoms with E-state index in [2.05, 4.69) is 33.6 Å². The molecule has 112 valence electrons. The molecule has 1 aromatic rings. The SMILES string of the molecule is CC1(Nc2nc(NC3CCC(O)CC3)ncc2C#N)CC1. The van der Waals surface area contributed by atoms with E-state index in [9.17, 15) is 5.11 Å². The molecule has 3 N–H and O–H groups in total. The fourth-order valence-corrected chi connectivity index (χ4v) is 2.63. The molecule has 2 aliphatic rings. The van der Waals surface area contributed by atoms with Crippen LogP contribution in [0.25, 0.3) is 0 Å². The summed E-state index contributed by atoms with van der Waals surface area (Å²) >= 11 is 0. The number of rotatable bonds is 4. The van der Waals surface area contributed by atoms with Crippen molar-refractivity contribution in [3.8, 4) is 6.07 Å². The van der Waals surface area contributed by atoms with Crippen molar-refractivity contribution in [3.05, 3.63) is 11.8 Å². The molecule has 0 unspecified atom stereocenters. The number of hydrogen-bond acceptors (Lipinski definition) is 6. The summed E-state index contributed by atoms with van der Waals surface area (Å²) in [5.41, 5.74) is 0.555. The third kappa shape index (κ3) is 3.42. The first-order valence-corrected chi connectivity index (χ1v) is 7.58. The Balaban J connectivity index is 1.71. The zero-order valence-electron chi connectivity index (χ0n) is 12.3. The van der Waals surface area contributed by atoms with E-state index in [0.717, 1.165) is 38.5 Å². The summed E-state index contributed by atoms with van der Waals surface area (Å²) < 4.78 is 0. The third-order valence-corrected chi connectivity index (χ3v) is 4.36. The van der Waals surface area contributed by atoms with Gasteiger partial charge in [-0.15, -0.1) is 0 Å². The molecular weight excluding hydrogens is 266 g/mol. The van der Waals surface area contributed by atoms with Gasteiger partial charge in [0, 0.05) is 11.6 Å². The summed E-state index contributed by atoms with van der Waals surface area (Å²) in [4.78, 5) is 8.69. The van der Waals surface area contributed by atoms with Crippen LogP contribution < -0.4 is 10.6 Å². The molecular formula is C15H21N5O. The van der Waals surface area contributed by atoms with Gasteiger partial charge in [0.1, 0.15) is 17.5 Å². The standard InChI is InChI=1S/C15H21N5O/c1-15(6-7-15)20-13-10(8-16)9-17-14(19-13)18-11-2-4-12(21)5-3-11/h9,11-12,21H,2-7H2,1H3,(H2,17,18,19,20). The summed E-state index contributed by atoms with van der Waals surface area (Å²) in [6, 6.07) is 2.43. The lowest BCUT2D eigenvalue weighted by Gasteiger charge is -2.26. The van der Waals surface area contributed by atoms with Crippen molar-refractivity contribution in [1.29, 1.82) is 5.26 Å². The molecule has 2 saturated carbocycles. The minimum atomic E-state index is -0.169. The fraction of sp³-hybridized carbons (Fsp3) is 0.667. The van der Waals surface area contributed by atoms with Crippen molar-refractivity contribution < 1.29 is 5.11 Å². The average molecular weight is 287 g/mol. The van der Waals surface area contributed by atoms with Crippen LogP contribution in [0.1, 0.15) is 51.0 Å². The molecule has 0 saturated heterocycles. The number of hydrogen-bond donors (Lipinski definition) is 3. The predicted octanol–water partition coefficient (Wildman–Crippen LogP) is 2.03. The largest absolute Gasteiger partial charge is 0.393 e. The minimum absolute atomic E-state index is 0.0756. The zero-order valence-corrected chi connectivity index (χ0v) is 12.3. The number of nitrogens with one attached hydrogen (secondary N) is 2. The molecule has 0 atom stereocenters. The van der Waals surface area contributed by atoms with Gasteiger partial charge in [0.25, 0.3) is 0 Å². The Morgan fingerprint density at radius 2 is 2.05 bits per heavy atom. The molecule has 6 nitrogen and oxygen atoms in total. The summed E-state index contributed by atoms with van der Waals surface area (Å²) in [6.45, 7) is 2.13. The van der Waals surface area contributed by atoms with Crippen LogP contribution in [0.15, 0.2) is 6.20 Å². The van der Waals surface area contributed by atoms with Gasteiger partial charge in [-0.25, -0.2) is 4.98 Å². The van der Waals surface area contributed by atoms with E-state index in [1.54, 1.807) is 6.20 Å². The second-order valence-electron chi connectivity index (χ2n) is 6.40. The second kappa shape index (κ2) is 5.49. The predicted molar refractivity (Wildman–Crippen MR) is 79.9 cm³/mol. The summed E-state index contributed by atoms with van der Waals surface area (Å²) in [5, 5.41) is 25.4. The van der Waals surface area contributed by atoms with Crippen LogP contribution in [0.4, 0.5) is 11.8 Å². The van der Waals surface area contributed by atoms with Gasteiger partial charge < -0.3 is 15.7 Å². The minimum Gasteiger partial charge on any atom is -0.393 e. The smallest absolute Gasteiger partial charge is 0.224 e. The van der Waals surface area contributed by atoms with Crippen LogP contribution in [0.3, 0.4) is 0 Å². The van der Waals surface area contributed by atoms with Crippen LogP contribution in [-0.2, 0) is 0 Å². The molecule has 0 aliphatic heterocycles. The molecule has 1 heterocycles. The Morgan fingerprint density at radius 3 is 2.67 bits per heavy atom. The van der Waals surface area contributed by atoms with Crippen molar-refractivity contribution in [3.63, 3.8) is 0 Å². The molecule has 0 spiro atoms. The molecule has 3 rings (SSSR count). The summed E-state index contributed by atoms with van der Waals surface area (Å²) in [7, 11) is 0. The van der Waals surface area contributed by atoms with Crippen LogP contribution in [0, 0.1) is 11.3 Å². The van der Waals surface area contributed by atoms with Crippen molar-refractivity contribution in [2.24, 2.45) is 0 Å². The van der Waals surface area contributed by atoms with Gasteiger partial charge in [0.05, 0.1) is 12.3 Å². The first-order chi connectivity index (χ1) is 10.1. The highest BCUT2D eigenvalue weighted by Crippen LogP contribution is 2.38. The Morgan fingerprint density at radius 1 is 1.33 bits per heavy atom. The van der Waals surface area contributed by atoms with Crippen molar-refractivity contribution in [2.45, 2.75) is 63.1 Å². The van der Waals surface area contributed by atoms with Gasteiger partial charge in [0.15, 0.2) is 0 Å². The highest BCUT2D eigenvalue weighted by molar-refractivity contribution is 5.55. The highest BCUT2D eigenvalue weighted by Gasteiger charge is 2.38. The van der Waals surface area contributed by atoms with Crippen LogP contribution in [-0.4, -0.2) is 32.8 Å². The van der Waals surface area contributed by atoms with E-state index in [1.807, 2.05) is 0 Å². The summed E-state index contributed by atoms with van der Waals surface area (Å²) in [5.74, 6) is 1.17. The maximum absolute atomic E-state index is 9.53. The van der Waals surface area contributed by atoms with E-state index in [1.165, 1.54) is 0 Å². The monoisotopic (exact) mass is 287 g/mol. The first kappa shape index (κ1) is 14.1. The Bertz CT molecular complexity index is 556. The molecule has 1 aromatic heterocycles. The highest BCUT2D eigenvalue weighted by atomic mass is 16.3. The quantitative estimate of drug-likeness (QED) is 0.784. The van der Waals surface area contributed by atoms with Gasteiger partial charge in [-0.1, -0.05) is 0 Å². The molecule has 0 bridgehead atoms. The molecule has 0 aromatic carbocycles. The topological polar surface area (TPSA) is 93.9 Å². The number of aromatic nitrogens is 2. The Labute approximate surface area is 124 Å². The lowest BCUT2D eigenvalue weighted by Crippen LogP contribution is -2.29. The van der Waals surface area contributed by atoms with E-state index in [4.69, 9.17) is 5.26 Å². The van der Waals surface area contributed by atoms with Crippen molar-refractivity contribution >= 4 is 11.8 Å². The van der Waals surface area contributed by atoms with Gasteiger partial charge in [-0.2, -0.15) is 10.2 Å². The number of anilines is 2. The summed E-state index contributed by atoms with van der Waals surface area (Å²) in [6.07, 6.45) is 7.08. The van der Waals surface area contributed by atoms with Crippen molar-refractivity contribution in [1.82, 2.24) is 9.97 Å². The zero-order chi connectivity index (χ0) is 14.9. The first-order valence-electron chi connectivity index (χ1n) is 7.58. The fourth-order valence-electron chi connectivity index (χ4n) is 2.63. The van der Waals surface area contributed by atoms with Gasteiger partial charge in [0.2, 0.25) is 5.95 Å². The molecule has 2 fully saturated rings. The van der Waals surface area contributed by atoms with Gasteiger partial charge >= 0.3 is 0 Å².